The van der Waals surface area contributed by atoms with Gasteiger partial charge in [-0.2, -0.15) is 0 Å². The molecule has 0 aromatic heterocycles. The van der Waals surface area contributed by atoms with Crippen LogP contribution in [0, 0.1) is 5.82 Å². The zero-order valence-electron chi connectivity index (χ0n) is 13.4. The van der Waals surface area contributed by atoms with Crippen molar-refractivity contribution in [2.24, 2.45) is 0 Å². The zero-order valence-corrected chi connectivity index (χ0v) is 13.4. The number of phenols is 1. The summed E-state index contributed by atoms with van der Waals surface area (Å²) in [7, 11) is 0. The standard InChI is InChI=1S/C19H19FO5/c20-15-12-13(10-11-16(15)21)19(24)17(8-4-5-9-18(22)23)25-14-6-2-1-3-7-14/h1-3,5-7,9-12,17,19,21,24H,4,8H2,(H,22,23)/b9-5+/t17-,19-/m1/s1. The molecule has 5 nitrogen and oxygen atoms in total. The van der Waals surface area contributed by atoms with Crippen molar-refractivity contribution in [2.75, 3.05) is 0 Å². The van der Waals surface area contributed by atoms with Crippen molar-refractivity contribution in [3.63, 3.8) is 0 Å². The number of allylic oxidation sites excluding steroid dienone is 1. The molecule has 3 N–H and O–H groups in total. The number of phenolic OH excluding ortho intramolecular Hbond substituents is 1. The van der Waals surface area contributed by atoms with Crippen molar-refractivity contribution in [3.05, 3.63) is 72.1 Å². The Morgan fingerprint density at radius 1 is 1.20 bits per heavy atom. The van der Waals surface area contributed by atoms with Crippen LogP contribution in [0.25, 0.3) is 0 Å². The quantitative estimate of drug-likeness (QED) is 0.638. The highest BCUT2D eigenvalue weighted by atomic mass is 19.1. The molecule has 6 heteroatoms. The van der Waals surface area contributed by atoms with Crippen LogP contribution in [0.4, 0.5) is 4.39 Å². The van der Waals surface area contributed by atoms with Gasteiger partial charge in [-0.15, -0.1) is 0 Å². The lowest BCUT2D eigenvalue weighted by Crippen LogP contribution is -2.25. The van der Waals surface area contributed by atoms with Gasteiger partial charge in [-0.25, -0.2) is 9.18 Å². The molecule has 25 heavy (non-hydrogen) atoms. The van der Waals surface area contributed by atoms with Gasteiger partial charge in [0.05, 0.1) is 0 Å². The van der Waals surface area contributed by atoms with Gasteiger partial charge in [0.1, 0.15) is 18.0 Å². The number of aliphatic carboxylic acids is 1. The number of rotatable bonds is 8. The zero-order chi connectivity index (χ0) is 18.2. The van der Waals surface area contributed by atoms with Crippen LogP contribution in [-0.2, 0) is 4.79 Å². The number of hydrogen-bond donors (Lipinski definition) is 3. The maximum Gasteiger partial charge on any atom is 0.327 e. The summed E-state index contributed by atoms with van der Waals surface area (Å²) in [6.07, 6.45) is 1.31. The van der Waals surface area contributed by atoms with Gasteiger partial charge in [-0.05, 0) is 42.7 Å². The highest BCUT2D eigenvalue weighted by molar-refractivity contribution is 5.79. The van der Waals surface area contributed by atoms with Gasteiger partial charge >= 0.3 is 5.97 Å². The van der Waals surface area contributed by atoms with E-state index < -0.39 is 29.7 Å². The molecule has 0 aliphatic heterocycles. The van der Waals surface area contributed by atoms with E-state index in [1.807, 2.05) is 6.07 Å². The number of aromatic hydroxyl groups is 1. The number of aliphatic hydroxyl groups excluding tert-OH is 1. The fraction of sp³-hybridized carbons (Fsp3) is 0.211. The van der Waals surface area contributed by atoms with Crippen LogP contribution in [0.5, 0.6) is 11.5 Å². The van der Waals surface area contributed by atoms with Crippen LogP contribution >= 0.6 is 0 Å². The highest BCUT2D eigenvalue weighted by Gasteiger charge is 2.23. The van der Waals surface area contributed by atoms with E-state index in [0.29, 0.717) is 18.6 Å². The van der Waals surface area contributed by atoms with Crippen LogP contribution in [-0.4, -0.2) is 27.4 Å². The Balaban J connectivity index is 2.16. The second-order valence-electron chi connectivity index (χ2n) is 5.44. The minimum atomic E-state index is -1.14. The maximum atomic E-state index is 13.5. The number of hydrogen-bond acceptors (Lipinski definition) is 4. The summed E-state index contributed by atoms with van der Waals surface area (Å²) in [6, 6.07) is 12.5. The number of halogens is 1. The summed E-state index contributed by atoms with van der Waals surface area (Å²) < 4.78 is 19.3. The first-order valence-corrected chi connectivity index (χ1v) is 7.75. The molecule has 132 valence electrons. The Kier molecular flexibility index (Phi) is 6.54. The van der Waals surface area contributed by atoms with Gasteiger partial charge in [0, 0.05) is 6.08 Å². The molecule has 2 rings (SSSR count). The highest BCUT2D eigenvalue weighted by Crippen LogP contribution is 2.27. The average Bonchev–Trinajstić information content (AvgIpc) is 2.60. The summed E-state index contributed by atoms with van der Waals surface area (Å²) in [5.74, 6) is -1.85. The van der Waals surface area contributed by atoms with E-state index in [4.69, 9.17) is 9.84 Å². The molecule has 0 aliphatic rings. The Bertz CT molecular complexity index is 730. The van der Waals surface area contributed by atoms with Crippen molar-refractivity contribution in [1.29, 1.82) is 0 Å². The van der Waals surface area contributed by atoms with E-state index >= 15 is 0 Å². The number of carboxylic acid groups (broad SMARTS) is 1. The van der Waals surface area contributed by atoms with E-state index in [0.717, 1.165) is 18.2 Å². The first-order valence-electron chi connectivity index (χ1n) is 7.75. The van der Waals surface area contributed by atoms with Gasteiger partial charge < -0.3 is 20.1 Å². The predicted molar refractivity (Wildman–Crippen MR) is 89.9 cm³/mol. The molecule has 0 fully saturated rings. The average molecular weight is 346 g/mol. The SMILES string of the molecule is O=C(O)/C=C/CC[C@@H](Oc1ccccc1)[C@H](O)c1ccc(O)c(F)c1. The lowest BCUT2D eigenvalue weighted by Gasteiger charge is -2.24. The van der Waals surface area contributed by atoms with E-state index in [1.165, 1.54) is 12.1 Å². The fourth-order valence-corrected chi connectivity index (χ4v) is 2.32. The summed E-state index contributed by atoms with van der Waals surface area (Å²) in [5, 5.41) is 28.4. The molecule has 0 spiro atoms. The monoisotopic (exact) mass is 346 g/mol. The number of para-hydroxylation sites is 1. The molecule has 0 saturated heterocycles. The first kappa shape index (κ1) is 18.5. The molecular formula is C19H19FO5. The predicted octanol–water partition coefficient (Wildman–Crippen LogP) is 3.43. The Hall–Kier alpha value is -2.86. The molecule has 2 aromatic rings. The molecule has 0 radical (unpaired) electrons. The van der Waals surface area contributed by atoms with Gasteiger partial charge in [-0.3, -0.25) is 0 Å². The van der Waals surface area contributed by atoms with Gasteiger partial charge in [0.15, 0.2) is 11.6 Å². The van der Waals surface area contributed by atoms with Crippen LogP contribution < -0.4 is 4.74 Å². The van der Waals surface area contributed by atoms with Gasteiger partial charge in [-0.1, -0.05) is 30.3 Å². The van der Waals surface area contributed by atoms with Gasteiger partial charge in [0.25, 0.3) is 0 Å². The molecule has 0 unspecified atom stereocenters. The van der Waals surface area contributed by atoms with E-state index in [2.05, 4.69) is 0 Å². The second-order valence-corrected chi connectivity index (χ2v) is 5.44. The summed E-state index contributed by atoms with van der Waals surface area (Å²) in [5.41, 5.74) is 0.262. The minimum Gasteiger partial charge on any atom is -0.505 e. The second kappa shape index (κ2) is 8.84. The Morgan fingerprint density at radius 2 is 1.92 bits per heavy atom. The Labute approximate surface area is 144 Å². The topological polar surface area (TPSA) is 87.0 Å². The lowest BCUT2D eigenvalue weighted by molar-refractivity contribution is -0.131. The third-order valence-electron chi connectivity index (χ3n) is 3.57. The van der Waals surface area contributed by atoms with Crippen LogP contribution in [0.2, 0.25) is 0 Å². The molecule has 2 atom stereocenters. The number of carbonyl (C=O) groups is 1. The number of ether oxygens (including phenoxy) is 1. The van der Waals surface area contributed by atoms with Crippen LogP contribution in [0.1, 0.15) is 24.5 Å². The number of benzene rings is 2. The van der Waals surface area contributed by atoms with Crippen molar-refractivity contribution in [2.45, 2.75) is 25.0 Å². The summed E-state index contributed by atoms with van der Waals surface area (Å²) in [6.45, 7) is 0. The molecule has 0 bridgehead atoms. The fourth-order valence-electron chi connectivity index (χ4n) is 2.32. The van der Waals surface area contributed by atoms with E-state index in [-0.39, 0.29) is 5.56 Å². The van der Waals surface area contributed by atoms with Gasteiger partial charge in [0.2, 0.25) is 0 Å². The summed E-state index contributed by atoms with van der Waals surface area (Å²) >= 11 is 0. The minimum absolute atomic E-state index is 0.262. The lowest BCUT2D eigenvalue weighted by atomic mass is 10.00. The molecular weight excluding hydrogens is 327 g/mol. The van der Waals surface area contributed by atoms with E-state index in [1.54, 1.807) is 24.3 Å². The van der Waals surface area contributed by atoms with Crippen LogP contribution in [0.15, 0.2) is 60.7 Å². The molecule has 0 heterocycles. The Morgan fingerprint density at radius 3 is 2.56 bits per heavy atom. The van der Waals surface area contributed by atoms with E-state index in [9.17, 15) is 19.4 Å². The normalized spacial score (nSPS) is 13.5. The number of carboxylic acids is 1. The van der Waals surface area contributed by atoms with Crippen molar-refractivity contribution in [3.8, 4) is 11.5 Å². The molecule has 0 aliphatic carbocycles. The molecule has 0 saturated carbocycles. The number of aliphatic hydroxyl groups is 1. The summed E-state index contributed by atoms with van der Waals surface area (Å²) in [4.78, 5) is 10.5. The van der Waals surface area contributed by atoms with Crippen molar-refractivity contribution >= 4 is 5.97 Å². The third-order valence-corrected chi connectivity index (χ3v) is 3.57. The van der Waals surface area contributed by atoms with Crippen molar-refractivity contribution in [1.82, 2.24) is 0 Å². The third kappa shape index (κ3) is 5.61. The first-order chi connectivity index (χ1) is 12.0. The molecule has 2 aromatic carbocycles. The molecule has 0 amide bonds. The largest absolute Gasteiger partial charge is 0.505 e. The van der Waals surface area contributed by atoms with Crippen molar-refractivity contribution < 1.29 is 29.2 Å². The maximum absolute atomic E-state index is 13.5. The smallest absolute Gasteiger partial charge is 0.327 e. The van der Waals surface area contributed by atoms with Crippen LogP contribution in [0.3, 0.4) is 0 Å².